The Morgan fingerprint density at radius 1 is 1.31 bits per heavy atom. The molecule has 0 amide bonds. The fourth-order valence-corrected chi connectivity index (χ4v) is 2.11. The minimum atomic E-state index is -0.986. The quantitative estimate of drug-likeness (QED) is 0.557. The maximum absolute atomic E-state index is 10.6. The van der Waals surface area contributed by atoms with Crippen LogP contribution in [0.25, 0.3) is 0 Å². The molecule has 0 aromatic rings. The summed E-state index contributed by atoms with van der Waals surface area (Å²) >= 11 is 1.28. The zero-order chi connectivity index (χ0) is 9.84. The number of nitrogens with one attached hydrogen (secondary N) is 1. The van der Waals surface area contributed by atoms with E-state index in [2.05, 4.69) is 4.72 Å². The Morgan fingerprint density at radius 3 is 2.54 bits per heavy atom. The number of rotatable bonds is 2. The molecule has 0 aliphatic carbocycles. The Hall–Kier alpha value is -0.750. The van der Waals surface area contributed by atoms with Gasteiger partial charge in [0.25, 0.3) is 0 Å². The van der Waals surface area contributed by atoms with Gasteiger partial charge >= 0.3 is 11.9 Å². The van der Waals surface area contributed by atoms with Crippen molar-refractivity contribution >= 4 is 23.9 Å². The van der Waals surface area contributed by atoms with Gasteiger partial charge in [0, 0.05) is 5.75 Å². The second kappa shape index (κ2) is 4.48. The lowest BCUT2D eigenvalue weighted by Gasteiger charge is -2.12. The highest BCUT2D eigenvalue weighted by Gasteiger charge is 2.29. The zero-order valence-electron chi connectivity index (χ0n) is 6.90. The number of hydrogen-bond acceptors (Lipinski definition) is 4. The molecule has 1 rings (SSSR count). The maximum atomic E-state index is 10.6. The van der Waals surface area contributed by atoms with Crippen molar-refractivity contribution in [3.05, 3.63) is 0 Å². The Bertz CT molecular complexity index is 199. The summed E-state index contributed by atoms with van der Waals surface area (Å²) in [5.41, 5.74) is 0. The first-order valence-electron chi connectivity index (χ1n) is 3.94. The molecule has 0 saturated carbocycles. The summed E-state index contributed by atoms with van der Waals surface area (Å²) in [6, 6.07) is -0.742. The summed E-state index contributed by atoms with van der Waals surface area (Å²) in [6.45, 7) is 0. The fraction of sp³-hybridized carbons (Fsp3) is 0.714. The second-order valence-corrected chi connectivity index (χ2v) is 3.85. The van der Waals surface area contributed by atoms with Crippen molar-refractivity contribution in [2.24, 2.45) is 5.92 Å². The average Bonchev–Trinajstić information content (AvgIpc) is 2.28. The van der Waals surface area contributed by atoms with E-state index in [0.717, 1.165) is 0 Å². The molecule has 1 aliphatic heterocycles. The van der Waals surface area contributed by atoms with E-state index in [-0.39, 0.29) is 6.42 Å². The molecule has 3 N–H and O–H groups in total. The van der Waals surface area contributed by atoms with Crippen LogP contribution in [-0.2, 0) is 9.59 Å². The van der Waals surface area contributed by atoms with E-state index in [1.165, 1.54) is 11.9 Å². The van der Waals surface area contributed by atoms with E-state index < -0.39 is 23.9 Å². The van der Waals surface area contributed by atoms with Gasteiger partial charge in [0.15, 0.2) is 0 Å². The zero-order valence-corrected chi connectivity index (χ0v) is 7.71. The maximum Gasteiger partial charge on any atom is 0.321 e. The van der Waals surface area contributed by atoms with Crippen LogP contribution in [0.3, 0.4) is 0 Å². The monoisotopic (exact) mass is 205 g/mol. The third-order valence-electron chi connectivity index (χ3n) is 1.96. The number of aliphatic carboxylic acids is 2. The standard InChI is InChI=1S/C7H11NO4S/c9-6(10)4-1-2-13-8-5(3-4)7(11)12/h4-5,8H,1-3H2,(H,9,10)(H,11,12). The van der Waals surface area contributed by atoms with Crippen LogP contribution in [0.1, 0.15) is 12.8 Å². The Labute approximate surface area is 79.6 Å². The van der Waals surface area contributed by atoms with Crippen LogP contribution in [0, 0.1) is 5.92 Å². The summed E-state index contributed by atoms with van der Waals surface area (Å²) in [7, 11) is 0. The number of carbonyl (C=O) groups is 2. The molecule has 2 unspecified atom stereocenters. The molecule has 1 aliphatic rings. The molecule has 0 aromatic carbocycles. The van der Waals surface area contributed by atoms with Gasteiger partial charge in [-0.25, -0.2) is 0 Å². The van der Waals surface area contributed by atoms with Crippen molar-refractivity contribution in [1.29, 1.82) is 0 Å². The highest BCUT2D eigenvalue weighted by molar-refractivity contribution is 7.97. The molecule has 0 aromatic heterocycles. The van der Waals surface area contributed by atoms with Gasteiger partial charge in [-0.15, -0.1) is 0 Å². The highest BCUT2D eigenvalue weighted by Crippen LogP contribution is 2.20. The molecule has 1 heterocycles. The van der Waals surface area contributed by atoms with E-state index in [9.17, 15) is 9.59 Å². The molecule has 1 saturated heterocycles. The summed E-state index contributed by atoms with van der Waals surface area (Å²) in [4.78, 5) is 21.3. The summed E-state index contributed by atoms with van der Waals surface area (Å²) in [5, 5.41) is 17.4. The molecular formula is C7H11NO4S. The first-order valence-corrected chi connectivity index (χ1v) is 4.92. The first kappa shape index (κ1) is 10.3. The van der Waals surface area contributed by atoms with E-state index in [1.54, 1.807) is 0 Å². The molecule has 0 bridgehead atoms. The summed E-state index contributed by atoms with van der Waals surface area (Å²) < 4.78 is 2.72. The molecule has 5 nitrogen and oxygen atoms in total. The molecule has 6 heteroatoms. The lowest BCUT2D eigenvalue weighted by Crippen LogP contribution is -2.34. The predicted molar refractivity (Wildman–Crippen MR) is 47.4 cm³/mol. The lowest BCUT2D eigenvalue weighted by molar-refractivity contribution is -0.143. The SMILES string of the molecule is O=C(O)C1CCSNC(C(=O)O)C1. The van der Waals surface area contributed by atoms with Gasteiger partial charge in [-0.05, 0) is 12.8 Å². The minimum absolute atomic E-state index is 0.164. The number of hydrogen-bond donors (Lipinski definition) is 3. The van der Waals surface area contributed by atoms with Crippen molar-refractivity contribution in [2.75, 3.05) is 5.75 Å². The van der Waals surface area contributed by atoms with Gasteiger partial charge in [0.2, 0.25) is 0 Å². The molecule has 0 spiro atoms. The molecular weight excluding hydrogens is 194 g/mol. The average molecular weight is 205 g/mol. The van der Waals surface area contributed by atoms with Crippen LogP contribution in [0.2, 0.25) is 0 Å². The molecule has 74 valence electrons. The number of carboxylic acid groups (broad SMARTS) is 2. The Morgan fingerprint density at radius 2 is 2.00 bits per heavy atom. The lowest BCUT2D eigenvalue weighted by atomic mass is 9.98. The largest absolute Gasteiger partial charge is 0.481 e. The molecule has 1 fully saturated rings. The van der Waals surface area contributed by atoms with Gasteiger partial charge in [-0.3, -0.25) is 14.3 Å². The molecule has 2 atom stereocenters. The van der Waals surface area contributed by atoms with Gasteiger partial charge < -0.3 is 10.2 Å². The molecule has 13 heavy (non-hydrogen) atoms. The van der Waals surface area contributed by atoms with Gasteiger partial charge in [0.1, 0.15) is 6.04 Å². The van der Waals surface area contributed by atoms with Crippen molar-refractivity contribution in [2.45, 2.75) is 18.9 Å². The van der Waals surface area contributed by atoms with Crippen molar-refractivity contribution < 1.29 is 19.8 Å². The normalized spacial score (nSPS) is 29.2. The number of carboxylic acids is 2. The van der Waals surface area contributed by atoms with Gasteiger partial charge in [0.05, 0.1) is 5.92 Å². The van der Waals surface area contributed by atoms with Crippen LogP contribution in [0.5, 0.6) is 0 Å². The molecule has 0 radical (unpaired) electrons. The topological polar surface area (TPSA) is 86.6 Å². The van der Waals surface area contributed by atoms with Crippen LogP contribution in [0.4, 0.5) is 0 Å². The van der Waals surface area contributed by atoms with E-state index in [0.29, 0.717) is 12.2 Å². The highest BCUT2D eigenvalue weighted by atomic mass is 32.2. The van der Waals surface area contributed by atoms with Crippen LogP contribution in [0.15, 0.2) is 0 Å². The Balaban J connectivity index is 2.59. The van der Waals surface area contributed by atoms with Crippen molar-refractivity contribution in [1.82, 2.24) is 4.72 Å². The Kier molecular flexibility index (Phi) is 3.56. The van der Waals surface area contributed by atoms with Crippen molar-refractivity contribution in [3.63, 3.8) is 0 Å². The first-order chi connectivity index (χ1) is 6.11. The van der Waals surface area contributed by atoms with Crippen LogP contribution in [-0.4, -0.2) is 33.9 Å². The van der Waals surface area contributed by atoms with Gasteiger partial charge in [-0.2, -0.15) is 0 Å². The van der Waals surface area contributed by atoms with Crippen LogP contribution >= 0.6 is 11.9 Å². The second-order valence-electron chi connectivity index (χ2n) is 2.92. The third-order valence-corrected chi connectivity index (χ3v) is 2.85. The van der Waals surface area contributed by atoms with E-state index in [4.69, 9.17) is 10.2 Å². The predicted octanol–water partition coefficient (Wildman–Crippen LogP) is 0.172. The van der Waals surface area contributed by atoms with Gasteiger partial charge in [-0.1, -0.05) is 11.9 Å². The minimum Gasteiger partial charge on any atom is -0.481 e. The third kappa shape index (κ3) is 2.89. The van der Waals surface area contributed by atoms with Crippen molar-refractivity contribution in [3.8, 4) is 0 Å². The fourth-order valence-electron chi connectivity index (χ4n) is 1.19. The summed E-state index contributed by atoms with van der Waals surface area (Å²) in [6.07, 6.45) is 0.689. The van der Waals surface area contributed by atoms with Crippen LogP contribution < -0.4 is 4.72 Å². The smallest absolute Gasteiger partial charge is 0.321 e. The summed E-state index contributed by atoms with van der Waals surface area (Å²) in [5.74, 6) is -1.79. The van der Waals surface area contributed by atoms with E-state index >= 15 is 0 Å². The van der Waals surface area contributed by atoms with E-state index in [1.807, 2.05) is 0 Å².